The van der Waals surface area contributed by atoms with Crippen molar-refractivity contribution in [3.05, 3.63) is 81.5 Å². The fourth-order valence-electron chi connectivity index (χ4n) is 4.78. The van der Waals surface area contributed by atoms with Crippen LogP contribution in [-0.2, 0) is 25.4 Å². The lowest BCUT2D eigenvalue weighted by atomic mass is 9.87. The van der Waals surface area contributed by atoms with E-state index in [0.29, 0.717) is 19.8 Å². The fraction of sp³-hybridized carbons (Fsp3) is 0.458. The summed E-state index contributed by atoms with van der Waals surface area (Å²) in [5.74, 6) is -0.487. The maximum atomic E-state index is 13.7. The highest BCUT2D eigenvalue weighted by molar-refractivity contribution is 5.82. The zero-order valence-corrected chi connectivity index (χ0v) is 18.0. The van der Waals surface area contributed by atoms with Crippen molar-refractivity contribution < 1.29 is 23.4 Å². The second-order valence-corrected chi connectivity index (χ2v) is 8.60. The van der Waals surface area contributed by atoms with E-state index in [2.05, 4.69) is 16.1 Å². The predicted molar refractivity (Wildman–Crippen MR) is 117 cm³/mol. The molecular formula is C24H25FN4O4. The largest absolute Gasteiger partial charge is 0.376 e. The molecule has 3 aliphatic rings. The molecule has 0 aromatic heterocycles. The lowest BCUT2D eigenvalue weighted by molar-refractivity contribution is -0.192. The second-order valence-electron chi connectivity index (χ2n) is 8.60. The Morgan fingerprint density at radius 3 is 2.67 bits per heavy atom. The van der Waals surface area contributed by atoms with E-state index >= 15 is 0 Å². The monoisotopic (exact) mass is 452 g/mol. The van der Waals surface area contributed by atoms with Crippen molar-refractivity contribution in [2.45, 2.75) is 43.2 Å². The third-order valence-corrected chi connectivity index (χ3v) is 6.55. The molecule has 1 unspecified atom stereocenters. The van der Waals surface area contributed by atoms with E-state index in [4.69, 9.17) is 19.7 Å². The zero-order valence-electron chi connectivity index (χ0n) is 18.0. The Morgan fingerprint density at radius 2 is 1.94 bits per heavy atom. The van der Waals surface area contributed by atoms with Gasteiger partial charge in [0.1, 0.15) is 18.0 Å². The minimum atomic E-state index is -0.744. The van der Waals surface area contributed by atoms with Crippen LogP contribution in [0.5, 0.6) is 0 Å². The van der Waals surface area contributed by atoms with Crippen molar-refractivity contribution >= 4 is 5.91 Å². The van der Waals surface area contributed by atoms with Crippen LogP contribution in [0.4, 0.5) is 4.39 Å². The number of nitrogens with zero attached hydrogens (tertiary/aromatic N) is 4. The number of rotatable bonds is 5. The zero-order chi connectivity index (χ0) is 22.8. The first kappa shape index (κ1) is 21.9. The van der Waals surface area contributed by atoms with Crippen LogP contribution >= 0.6 is 0 Å². The predicted octanol–water partition coefficient (Wildman–Crippen LogP) is 3.55. The van der Waals surface area contributed by atoms with Gasteiger partial charge in [-0.15, -0.1) is 0 Å². The van der Waals surface area contributed by atoms with Crippen molar-refractivity contribution in [1.82, 2.24) is 4.90 Å². The maximum absolute atomic E-state index is 13.7. The molecule has 3 aliphatic heterocycles. The van der Waals surface area contributed by atoms with Gasteiger partial charge < -0.3 is 19.1 Å². The van der Waals surface area contributed by atoms with E-state index in [9.17, 15) is 9.18 Å². The lowest BCUT2D eigenvalue weighted by Crippen LogP contribution is -2.53. The average Bonchev–Trinajstić information content (AvgIpc) is 2.81. The normalized spacial score (nSPS) is 27.2. The van der Waals surface area contributed by atoms with E-state index in [0.717, 1.165) is 17.5 Å². The van der Waals surface area contributed by atoms with Crippen LogP contribution in [0.3, 0.4) is 0 Å². The highest BCUT2D eigenvalue weighted by atomic mass is 19.1. The Hall–Kier alpha value is -2.97. The number of carbonyl (C=O) groups is 1. The number of fused-ring (bicyclic) bond motifs is 1. The topological polar surface area (TPSA) is 96.8 Å². The van der Waals surface area contributed by atoms with Crippen LogP contribution in [0, 0.1) is 5.82 Å². The summed E-state index contributed by atoms with van der Waals surface area (Å²) in [6, 6.07) is 13.4. The molecule has 1 amide bonds. The van der Waals surface area contributed by atoms with E-state index < -0.39 is 18.2 Å². The summed E-state index contributed by atoms with van der Waals surface area (Å²) >= 11 is 0. The quantitative estimate of drug-likeness (QED) is 0.394. The Labute approximate surface area is 190 Å². The molecule has 2 aromatic rings. The molecule has 0 radical (unpaired) electrons. The molecule has 0 saturated carbocycles. The van der Waals surface area contributed by atoms with Crippen LogP contribution in [0.2, 0.25) is 0 Å². The highest BCUT2D eigenvalue weighted by Gasteiger charge is 2.41. The van der Waals surface area contributed by atoms with E-state index in [1.54, 1.807) is 17.0 Å². The summed E-state index contributed by atoms with van der Waals surface area (Å²) in [6.45, 7) is 1.70. The first-order valence-electron chi connectivity index (χ1n) is 11.2. The molecule has 2 fully saturated rings. The number of hydrogen-bond acceptors (Lipinski definition) is 5. The Kier molecular flexibility index (Phi) is 6.28. The first-order valence-corrected chi connectivity index (χ1v) is 11.2. The molecule has 3 heterocycles. The van der Waals surface area contributed by atoms with Gasteiger partial charge in [-0.3, -0.25) is 4.79 Å². The van der Waals surface area contributed by atoms with Crippen LogP contribution in [0.15, 0.2) is 53.6 Å². The Balaban J connectivity index is 1.39. The molecule has 2 saturated heterocycles. The number of azide groups is 1. The van der Waals surface area contributed by atoms with Gasteiger partial charge in [0.25, 0.3) is 5.91 Å². The molecule has 4 atom stereocenters. The summed E-state index contributed by atoms with van der Waals surface area (Å²) in [6.07, 6.45) is -0.224. The molecule has 5 rings (SSSR count). The van der Waals surface area contributed by atoms with Crippen LogP contribution in [-0.4, -0.2) is 61.5 Å². The van der Waals surface area contributed by atoms with Crippen molar-refractivity contribution in [1.29, 1.82) is 0 Å². The van der Waals surface area contributed by atoms with Gasteiger partial charge in [-0.25, -0.2) is 4.39 Å². The summed E-state index contributed by atoms with van der Waals surface area (Å²) in [7, 11) is 0. The summed E-state index contributed by atoms with van der Waals surface area (Å²) in [5, 5.41) is 3.90. The van der Waals surface area contributed by atoms with Gasteiger partial charge in [-0.2, -0.15) is 0 Å². The first-order chi connectivity index (χ1) is 16.1. The lowest BCUT2D eigenvalue weighted by Gasteiger charge is -2.42. The maximum Gasteiger partial charge on any atom is 0.252 e. The SMILES string of the molecule is [N-]=[N+]=NC1C[C@H](C(=O)N2CCc3ccccc3[C@@H]2c2ccc(F)cc2)OC[C@@H]1OC1COC1. The number of ether oxygens (including phenoxy) is 3. The Bertz CT molecular complexity index is 1050. The van der Waals surface area contributed by atoms with E-state index in [1.807, 2.05) is 18.2 Å². The minimum absolute atomic E-state index is 0.0382. The van der Waals surface area contributed by atoms with Gasteiger partial charge in [0.2, 0.25) is 0 Å². The van der Waals surface area contributed by atoms with Crippen molar-refractivity contribution in [3.8, 4) is 0 Å². The molecule has 172 valence electrons. The van der Waals surface area contributed by atoms with E-state index in [1.165, 1.54) is 17.7 Å². The smallest absolute Gasteiger partial charge is 0.252 e. The molecule has 0 N–H and O–H groups in total. The third kappa shape index (κ3) is 4.45. The minimum Gasteiger partial charge on any atom is -0.376 e. The molecule has 9 heteroatoms. The van der Waals surface area contributed by atoms with Gasteiger partial charge in [-0.1, -0.05) is 41.5 Å². The van der Waals surface area contributed by atoms with Crippen molar-refractivity contribution in [2.24, 2.45) is 5.11 Å². The number of halogens is 1. The van der Waals surface area contributed by atoms with Gasteiger partial charge in [-0.05, 0) is 47.2 Å². The molecule has 0 bridgehead atoms. The standard InChI is InChI=1S/C24H25FN4O4/c25-17-7-5-16(6-8-17)23-19-4-2-1-3-15(19)9-10-29(23)24(30)21-11-20(27-28-26)22(14-32-21)33-18-12-31-13-18/h1-8,18,20-23H,9-14H2/t20?,21-,22+,23+/m1/s1. The molecular weight excluding hydrogens is 427 g/mol. The highest BCUT2D eigenvalue weighted by Crippen LogP contribution is 2.37. The van der Waals surface area contributed by atoms with Gasteiger partial charge in [0, 0.05) is 11.5 Å². The molecule has 33 heavy (non-hydrogen) atoms. The molecule has 0 aliphatic carbocycles. The second kappa shape index (κ2) is 9.49. The summed E-state index contributed by atoms with van der Waals surface area (Å²) < 4.78 is 30.6. The summed E-state index contributed by atoms with van der Waals surface area (Å²) in [5.41, 5.74) is 12.1. The number of benzene rings is 2. The number of hydrogen-bond donors (Lipinski definition) is 0. The van der Waals surface area contributed by atoms with E-state index in [-0.39, 0.29) is 36.9 Å². The van der Waals surface area contributed by atoms with Crippen LogP contribution < -0.4 is 0 Å². The fourth-order valence-corrected chi connectivity index (χ4v) is 4.78. The third-order valence-electron chi connectivity index (χ3n) is 6.55. The molecule has 2 aromatic carbocycles. The van der Waals surface area contributed by atoms with Crippen molar-refractivity contribution in [3.63, 3.8) is 0 Å². The summed E-state index contributed by atoms with van der Waals surface area (Å²) in [4.78, 5) is 18.5. The van der Waals surface area contributed by atoms with Gasteiger partial charge in [0.05, 0.1) is 38.0 Å². The van der Waals surface area contributed by atoms with Crippen LogP contribution in [0.1, 0.15) is 29.2 Å². The molecule has 0 spiro atoms. The Morgan fingerprint density at radius 1 is 1.15 bits per heavy atom. The molecule has 8 nitrogen and oxygen atoms in total. The average molecular weight is 452 g/mol. The van der Waals surface area contributed by atoms with Gasteiger partial charge >= 0.3 is 0 Å². The van der Waals surface area contributed by atoms with Crippen molar-refractivity contribution in [2.75, 3.05) is 26.4 Å². The van der Waals surface area contributed by atoms with Gasteiger partial charge in [0.15, 0.2) is 0 Å². The number of amides is 1. The van der Waals surface area contributed by atoms with Crippen LogP contribution in [0.25, 0.3) is 10.4 Å². The number of carbonyl (C=O) groups excluding carboxylic acids is 1.